The Hall–Kier alpha value is -2.99. The van der Waals surface area contributed by atoms with Crippen LogP contribution in [0.3, 0.4) is 0 Å². The van der Waals surface area contributed by atoms with Crippen LogP contribution in [-0.4, -0.2) is 24.0 Å². The van der Waals surface area contributed by atoms with Gasteiger partial charge >= 0.3 is 0 Å². The maximum atomic E-state index is 12.6. The second-order valence-electron chi connectivity index (χ2n) is 5.53. The minimum absolute atomic E-state index is 0.0376. The van der Waals surface area contributed by atoms with Gasteiger partial charge in [-0.2, -0.15) is 0 Å². The van der Waals surface area contributed by atoms with Gasteiger partial charge in [-0.15, -0.1) is 0 Å². The van der Waals surface area contributed by atoms with Crippen LogP contribution in [0.1, 0.15) is 11.1 Å². The van der Waals surface area contributed by atoms with Gasteiger partial charge in [0.15, 0.2) is 11.5 Å². The Balaban J connectivity index is 1.96. The summed E-state index contributed by atoms with van der Waals surface area (Å²) in [6.45, 7) is 1.93. The number of carbonyl (C=O) groups excluding carboxylic acids is 2. The van der Waals surface area contributed by atoms with Crippen molar-refractivity contribution in [2.75, 3.05) is 12.1 Å². The fraction of sp³-hybridized carbons (Fsp3) is 0.111. The number of nitrogens with one attached hydrogen (secondary N) is 1. The SMILES string of the molecule is COc1cc(/C=C2/C(=O)NN(c3ccc(C)cc3)C2=O)cc(Cl)c1O. The standard InChI is InChI=1S/C18H15ClN2O4/c1-10-3-5-12(6-4-10)21-18(24)13(17(23)20-21)7-11-8-14(19)16(22)15(9-11)25-2/h3-9,22H,1-2H3,(H,20,23)/b13-7-. The predicted octanol–water partition coefficient (Wildman–Crippen LogP) is 2.82. The molecule has 2 aromatic rings. The molecule has 25 heavy (non-hydrogen) atoms. The Morgan fingerprint density at radius 1 is 1.20 bits per heavy atom. The summed E-state index contributed by atoms with van der Waals surface area (Å²) in [4.78, 5) is 24.8. The number of halogens is 1. The summed E-state index contributed by atoms with van der Waals surface area (Å²) in [5.41, 5.74) is 4.56. The largest absolute Gasteiger partial charge is 0.503 e. The molecule has 6 nitrogen and oxygen atoms in total. The van der Waals surface area contributed by atoms with Crippen molar-refractivity contribution in [2.45, 2.75) is 6.92 Å². The predicted molar refractivity (Wildman–Crippen MR) is 94.5 cm³/mol. The van der Waals surface area contributed by atoms with E-state index in [1.807, 2.05) is 19.1 Å². The lowest BCUT2D eigenvalue weighted by molar-refractivity contribution is -0.117. The Morgan fingerprint density at radius 3 is 2.52 bits per heavy atom. The van der Waals surface area contributed by atoms with Gasteiger partial charge in [0.05, 0.1) is 17.8 Å². The summed E-state index contributed by atoms with van der Waals surface area (Å²) in [5, 5.41) is 11.0. The molecular weight excluding hydrogens is 344 g/mol. The number of rotatable bonds is 3. The number of ether oxygens (including phenoxy) is 1. The molecule has 3 rings (SSSR count). The molecule has 0 spiro atoms. The Bertz CT molecular complexity index is 891. The highest BCUT2D eigenvalue weighted by atomic mass is 35.5. The van der Waals surface area contributed by atoms with E-state index >= 15 is 0 Å². The number of aryl methyl sites for hydroxylation is 1. The van der Waals surface area contributed by atoms with Gasteiger partial charge in [0.1, 0.15) is 5.57 Å². The smallest absolute Gasteiger partial charge is 0.282 e. The van der Waals surface area contributed by atoms with Gasteiger partial charge in [0.25, 0.3) is 11.8 Å². The maximum absolute atomic E-state index is 12.6. The van der Waals surface area contributed by atoms with Gasteiger partial charge < -0.3 is 9.84 Å². The second-order valence-corrected chi connectivity index (χ2v) is 5.94. The number of methoxy groups -OCH3 is 1. The van der Waals surface area contributed by atoms with Crippen molar-refractivity contribution in [1.82, 2.24) is 5.43 Å². The van der Waals surface area contributed by atoms with Crippen LogP contribution in [0.25, 0.3) is 6.08 Å². The normalized spacial score (nSPS) is 15.6. The topological polar surface area (TPSA) is 78.9 Å². The van der Waals surface area contributed by atoms with Crippen molar-refractivity contribution in [1.29, 1.82) is 0 Å². The van der Waals surface area contributed by atoms with Crippen molar-refractivity contribution in [3.8, 4) is 11.5 Å². The van der Waals surface area contributed by atoms with Crippen molar-refractivity contribution >= 4 is 35.2 Å². The van der Waals surface area contributed by atoms with E-state index in [0.717, 1.165) is 5.56 Å². The Morgan fingerprint density at radius 2 is 1.88 bits per heavy atom. The molecule has 1 heterocycles. The molecule has 2 amide bonds. The number of phenolic OH excluding ortho intramolecular Hbond substituents is 1. The van der Waals surface area contributed by atoms with E-state index in [0.29, 0.717) is 11.3 Å². The van der Waals surface area contributed by atoms with E-state index in [9.17, 15) is 14.7 Å². The minimum atomic E-state index is -0.520. The van der Waals surface area contributed by atoms with E-state index in [4.69, 9.17) is 16.3 Å². The first-order valence-electron chi connectivity index (χ1n) is 7.41. The highest BCUT2D eigenvalue weighted by molar-refractivity contribution is 6.33. The van der Waals surface area contributed by atoms with Gasteiger partial charge in [0, 0.05) is 0 Å². The van der Waals surface area contributed by atoms with Gasteiger partial charge in [-0.25, -0.2) is 5.01 Å². The number of aromatic hydroxyl groups is 1. The lowest BCUT2D eigenvalue weighted by atomic mass is 10.1. The van der Waals surface area contributed by atoms with Crippen LogP contribution in [0.4, 0.5) is 5.69 Å². The molecule has 0 atom stereocenters. The quantitative estimate of drug-likeness (QED) is 0.653. The number of anilines is 1. The van der Waals surface area contributed by atoms with Crippen LogP contribution in [0.2, 0.25) is 5.02 Å². The number of hydrazine groups is 1. The van der Waals surface area contributed by atoms with E-state index in [1.54, 1.807) is 12.1 Å². The van der Waals surface area contributed by atoms with Gasteiger partial charge in [-0.3, -0.25) is 15.0 Å². The van der Waals surface area contributed by atoms with Gasteiger partial charge in [-0.1, -0.05) is 29.3 Å². The third-order valence-electron chi connectivity index (χ3n) is 3.77. The fourth-order valence-electron chi connectivity index (χ4n) is 2.43. The zero-order valence-electron chi connectivity index (χ0n) is 13.5. The van der Waals surface area contributed by atoms with Crippen LogP contribution >= 0.6 is 11.6 Å². The third-order valence-corrected chi connectivity index (χ3v) is 4.05. The summed E-state index contributed by atoms with van der Waals surface area (Å²) in [6.07, 6.45) is 1.40. The second kappa shape index (κ2) is 6.49. The molecule has 7 heteroatoms. The number of carbonyl (C=O) groups is 2. The van der Waals surface area contributed by atoms with E-state index in [1.165, 1.54) is 30.3 Å². The Labute approximate surface area is 149 Å². The zero-order valence-corrected chi connectivity index (χ0v) is 14.3. The van der Waals surface area contributed by atoms with Gasteiger partial charge in [0.2, 0.25) is 0 Å². The summed E-state index contributed by atoms with van der Waals surface area (Å²) < 4.78 is 5.03. The molecule has 1 aliphatic rings. The molecular formula is C18H15ClN2O4. The van der Waals surface area contributed by atoms with Crippen LogP contribution in [0, 0.1) is 6.92 Å². The highest BCUT2D eigenvalue weighted by Gasteiger charge is 2.34. The first-order valence-corrected chi connectivity index (χ1v) is 7.79. The first-order chi connectivity index (χ1) is 11.9. The molecule has 1 aliphatic heterocycles. The summed E-state index contributed by atoms with van der Waals surface area (Å²) in [6, 6.07) is 10.1. The first kappa shape index (κ1) is 16.9. The molecule has 1 fully saturated rings. The van der Waals surface area contributed by atoms with Crippen molar-refractivity contribution in [3.63, 3.8) is 0 Å². The van der Waals surface area contributed by atoms with Crippen molar-refractivity contribution in [2.24, 2.45) is 0 Å². The molecule has 0 radical (unpaired) electrons. The van der Waals surface area contributed by atoms with Crippen molar-refractivity contribution < 1.29 is 19.4 Å². The average molecular weight is 359 g/mol. The number of amides is 2. The van der Waals surface area contributed by atoms with Crippen LogP contribution in [0.5, 0.6) is 11.5 Å². The monoisotopic (exact) mass is 358 g/mol. The lowest BCUT2D eigenvalue weighted by Crippen LogP contribution is -2.35. The molecule has 2 aromatic carbocycles. The zero-order chi connectivity index (χ0) is 18.1. The molecule has 1 saturated heterocycles. The number of hydrogen-bond acceptors (Lipinski definition) is 4. The number of hydrogen-bond donors (Lipinski definition) is 2. The van der Waals surface area contributed by atoms with Crippen molar-refractivity contribution in [3.05, 3.63) is 58.1 Å². The van der Waals surface area contributed by atoms with E-state index < -0.39 is 11.8 Å². The Kier molecular flexibility index (Phi) is 4.37. The number of nitrogens with zero attached hydrogens (tertiary/aromatic N) is 1. The summed E-state index contributed by atoms with van der Waals surface area (Å²) in [5.74, 6) is -1.04. The summed E-state index contributed by atoms with van der Waals surface area (Å²) in [7, 11) is 1.38. The lowest BCUT2D eigenvalue weighted by Gasteiger charge is -2.14. The molecule has 2 N–H and O–H groups in total. The molecule has 0 aliphatic carbocycles. The van der Waals surface area contributed by atoms with Crippen LogP contribution in [-0.2, 0) is 9.59 Å². The maximum Gasteiger partial charge on any atom is 0.282 e. The van der Waals surface area contributed by atoms with Gasteiger partial charge in [-0.05, 0) is 42.8 Å². The molecule has 0 bridgehead atoms. The summed E-state index contributed by atoms with van der Waals surface area (Å²) >= 11 is 5.94. The molecule has 128 valence electrons. The minimum Gasteiger partial charge on any atom is -0.503 e. The third kappa shape index (κ3) is 3.16. The molecule has 0 unspecified atom stereocenters. The van der Waals surface area contributed by atoms with E-state index in [-0.39, 0.29) is 22.1 Å². The van der Waals surface area contributed by atoms with Crippen LogP contribution in [0.15, 0.2) is 42.0 Å². The molecule has 0 aromatic heterocycles. The van der Waals surface area contributed by atoms with Crippen LogP contribution < -0.4 is 15.2 Å². The highest BCUT2D eigenvalue weighted by Crippen LogP contribution is 2.35. The average Bonchev–Trinajstić information content (AvgIpc) is 2.86. The number of phenols is 1. The van der Waals surface area contributed by atoms with E-state index in [2.05, 4.69) is 5.43 Å². The molecule has 0 saturated carbocycles. The fourth-order valence-corrected chi connectivity index (χ4v) is 2.65. The number of benzene rings is 2.